The molecule has 1 amide bonds. The monoisotopic (exact) mass is 470 g/mol. The fraction of sp³-hybridized carbons (Fsp3) is 0.167. The largest absolute Gasteiger partial charge is 0.299 e. The fourth-order valence-corrected chi connectivity index (χ4v) is 4.77. The first-order valence-electron chi connectivity index (χ1n) is 8.30. The Balaban J connectivity index is 1.80. The third-order valence-electron chi connectivity index (χ3n) is 3.92. The maximum atomic E-state index is 12.7. The van der Waals surface area contributed by atoms with Gasteiger partial charge in [0.2, 0.25) is 21.1 Å². The minimum atomic E-state index is -3.72. The fourth-order valence-electron chi connectivity index (χ4n) is 2.59. The number of carbonyl (C=O) groups is 1. The molecule has 3 rings (SSSR count). The summed E-state index contributed by atoms with van der Waals surface area (Å²) in [6, 6.07) is 12.2. The summed E-state index contributed by atoms with van der Waals surface area (Å²) < 4.78 is 25.6. The van der Waals surface area contributed by atoms with Gasteiger partial charge in [-0.1, -0.05) is 46.7 Å². The zero-order valence-electron chi connectivity index (χ0n) is 15.3. The molecule has 0 aliphatic rings. The van der Waals surface area contributed by atoms with Crippen molar-refractivity contribution in [2.45, 2.75) is 13.0 Å². The van der Waals surface area contributed by atoms with Crippen molar-refractivity contribution in [1.82, 2.24) is 10.2 Å². The van der Waals surface area contributed by atoms with Gasteiger partial charge in [0, 0.05) is 15.6 Å². The molecule has 0 saturated carbocycles. The summed E-state index contributed by atoms with van der Waals surface area (Å²) >= 11 is 12.9. The smallest absolute Gasteiger partial charge is 0.249 e. The number of sulfonamides is 1. The van der Waals surface area contributed by atoms with Gasteiger partial charge < -0.3 is 0 Å². The molecule has 0 aliphatic carbocycles. The van der Waals surface area contributed by atoms with Gasteiger partial charge in [0.25, 0.3) is 0 Å². The number of carbonyl (C=O) groups excluding carboxylic acids is 1. The summed E-state index contributed by atoms with van der Waals surface area (Å²) in [7, 11) is -3.72. The normalized spacial score (nSPS) is 12.4. The summed E-state index contributed by atoms with van der Waals surface area (Å²) in [4.78, 5) is 12.7. The number of benzene rings is 2. The number of nitrogens with zero attached hydrogens (tertiary/aromatic N) is 3. The van der Waals surface area contributed by atoms with Crippen molar-refractivity contribution in [3.63, 3.8) is 0 Å². The molecule has 2 aromatic carbocycles. The minimum absolute atomic E-state index is 0.261. The molecule has 152 valence electrons. The second-order valence-corrected chi connectivity index (χ2v) is 9.83. The highest BCUT2D eigenvalue weighted by atomic mass is 35.5. The van der Waals surface area contributed by atoms with Crippen LogP contribution in [0.2, 0.25) is 10.0 Å². The van der Waals surface area contributed by atoms with Gasteiger partial charge in [0.15, 0.2) is 0 Å². The van der Waals surface area contributed by atoms with Crippen molar-refractivity contribution in [3.05, 3.63) is 58.6 Å². The maximum Gasteiger partial charge on any atom is 0.249 e. The van der Waals surface area contributed by atoms with Crippen molar-refractivity contribution < 1.29 is 13.2 Å². The van der Waals surface area contributed by atoms with Crippen molar-refractivity contribution in [2.75, 3.05) is 15.9 Å². The first-order valence-corrected chi connectivity index (χ1v) is 11.7. The molecule has 1 N–H and O–H groups in total. The van der Waals surface area contributed by atoms with E-state index in [0.717, 1.165) is 16.1 Å². The van der Waals surface area contributed by atoms with E-state index < -0.39 is 22.0 Å². The van der Waals surface area contributed by atoms with E-state index in [1.165, 1.54) is 30.4 Å². The minimum Gasteiger partial charge on any atom is -0.299 e. The number of halogens is 2. The molecule has 0 aliphatic heterocycles. The summed E-state index contributed by atoms with van der Waals surface area (Å²) in [6.07, 6.45) is 1.04. The Bertz CT molecular complexity index is 1120. The first kappa shape index (κ1) is 21.5. The predicted octanol–water partition coefficient (Wildman–Crippen LogP) is 4.31. The molecule has 0 fully saturated rings. The van der Waals surface area contributed by atoms with Gasteiger partial charge in [-0.05, 0) is 43.3 Å². The van der Waals surface area contributed by atoms with Crippen LogP contribution >= 0.6 is 34.5 Å². The average molecular weight is 471 g/mol. The van der Waals surface area contributed by atoms with Crippen molar-refractivity contribution in [3.8, 4) is 10.6 Å². The molecule has 11 heteroatoms. The van der Waals surface area contributed by atoms with E-state index in [2.05, 4.69) is 15.5 Å². The van der Waals surface area contributed by atoms with Crippen LogP contribution in [0.15, 0.2) is 48.5 Å². The number of hydrogen-bond acceptors (Lipinski definition) is 6. The van der Waals surface area contributed by atoms with E-state index in [4.69, 9.17) is 23.2 Å². The van der Waals surface area contributed by atoms with E-state index in [0.29, 0.717) is 20.7 Å². The van der Waals surface area contributed by atoms with E-state index in [9.17, 15) is 13.2 Å². The molecule has 0 spiro atoms. The molecule has 1 aromatic heterocycles. The Morgan fingerprint density at radius 2 is 1.59 bits per heavy atom. The highest BCUT2D eigenvalue weighted by Gasteiger charge is 2.29. The molecular weight excluding hydrogens is 455 g/mol. The Labute approximate surface area is 182 Å². The van der Waals surface area contributed by atoms with E-state index in [-0.39, 0.29) is 5.13 Å². The van der Waals surface area contributed by atoms with Crippen LogP contribution in [-0.4, -0.2) is 36.8 Å². The van der Waals surface area contributed by atoms with E-state index >= 15 is 0 Å². The van der Waals surface area contributed by atoms with Gasteiger partial charge >= 0.3 is 0 Å². The second kappa shape index (κ2) is 8.66. The quantitative estimate of drug-likeness (QED) is 0.579. The Kier molecular flexibility index (Phi) is 6.42. The lowest BCUT2D eigenvalue weighted by atomic mass is 10.2. The third kappa shape index (κ3) is 5.24. The number of rotatable bonds is 6. The van der Waals surface area contributed by atoms with Crippen LogP contribution in [0.4, 0.5) is 10.8 Å². The number of amides is 1. The third-order valence-corrected chi connectivity index (χ3v) is 6.55. The number of hydrogen-bond donors (Lipinski definition) is 1. The SMILES string of the molecule is C[C@@H](C(=O)Nc1nnc(-c2ccc(Cl)cc2)s1)N(c1ccc(Cl)cc1)S(C)(=O)=O. The van der Waals surface area contributed by atoms with Gasteiger partial charge in [0.05, 0.1) is 11.9 Å². The zero-order valence-corrected chi connectivity index (χ0v) is 18.5. The molecular formula is C18H16Cl2N4O3S2. The number of aromatic nitrogens is 2. The molecule has 0 bridgehead atoms. The summed E-state index contributed by atoms with van der Waals surface area (Å²) in [5.41, 5.74) is 1.14. The molecule has 1 heterocycles. The topological polar surface area (TPSA) is 92.3 Å². The molecule has 3 aromatic rings. The Hall–Kier alpha value is -2.20. The zero-order chi connectivity index (χ0) is 21.2. The molecule has 7 nitrogen and oxygen atoms in total. The summed E-state index contributed by atoms with van der Waals surface area (Å²) in [5, 5.41) is 12.6. The van der Waals surface area contributed by atoms with Crippen molar-refractivity contribution in [1.29, 1.82) is 0 Å². The first-order chi connectivity index (χ1) is 13.6. The van der Waals surface area contributed by atoms with E-state index in [1.807, 2.05) is 0 Å². The molecule has 29 heavy (non-hydrogen) atoms. The highest BCUT2D eigenvalue weighted by molar-refractivity contribution is 7.92. The van der Waals surface area contributed by atoms with Crippen LogP contribution in [0.1, 0.15) is 6.92 Å². The average Bonchev–Trinajstić information content (AvgIpc) is 3.11. The van der Waals surface area contributed by atoms with Crippen LogP contribution in [0, 0.1) is 0 Å². The highest BCUT2D eigenvalue weighted by Crippen LogP contribution is 2.28. The lowest BCUT2D eigenvalue weighted by Gasteiger charge is -2.27. The van der Waals surface area contributed by atoms with Crippen molar-refractivity contribution >= 4 is 61.3 Å². The predicted molar refractivity (Wildman–Crippen MR) is 117 cm³/mol. The lowest BCUT2D eigenvalue weighted by molar-refractivity contribution is -0.116. The van der Waals surface area contributed by atoms with Gasteiger partial charge in [-0.25, -0.2) is 8.42 Å². The molecule has 0 saturated heterocycles. The molecule has 1 atom stereocenters. The Morgan fingerprint density at radius 3 is 2.14 bits per heavy atom. The van der Waals surface area contributed by atoms with Gasteiger partial charge in [-0.15, -0.1) is 10.2 Å². The van der Waals surface area contributed by atoms with Gasteiger partial charge in [0.1, 0.15) is 11.0 Å². The number of anilines is 2. The standard InChI is InChI=1S/C18H16Cl2N4O3S2/c1-11(24(29(2,26)27)15-9-7-14(20)8-10-15)16(25)21-18-23-22-17(28-18)12-3-5-13(19)6-4-12/h3-11H,1-2H3,(H,21,23,25)/t11-/m0/s1. The number of nitrogens with one attached hydrogen (secondary N) is 1. The lowest BCUT2D eigenvalue weighted by Crippen LogP contribution is -2.45. The Morgan fingerprint density at radius 1 is 1.03 bits per heavy atom. The van der Waals surface area contributed by atoms with Crippen LogP contribution in [0.25, 0.3) is 10.6 Å². The molecule has 0 radical (unpaired) electrons. The summed E-state index contributed by atoms with van der Waals surface area (Å²) in [5.74, 6) is -0.538. The van der Waals surface area contributed by atoms with Crippen LogP contribution in [-0.2, 0) is 14.8 Å². The van der Waals surface area contributed by atoms with Crippen LogP contribution in [0.5, 0.6) is 0 Å². The van der Waals surface area contributed by atoms with Gasteiger partial charge in [-0.3, -0.25) is 14.4 Å². The van der Waals surface area contributed by atoms with Gasteiger partial charge in [-0.2, -0.15) is 0 Å². The van der Waals surface area contributed by atoms with Crippen LogP contribution in [0.3, 0.4) is 0 Å². The molecule has 0 unspecified atom stereocenters. The van der Waals surface area contributed by atoms with Crippen LogP contribution < -0.4 is 9.62 Å². The summed E-state index contributed by atoms with van der Waals surface area (Å²) in [6.45, 7) is 1.49. The van der Waals surface area contributed by atoms with E-state index in [1.54, 1.807) is 36.4 Å². The maximum absolute atomic E-state index is 12.7. The van der Waals surface area contributed by atoms with Crippen molar-refractivity contribution in [2.24, 2.45) is 0 Å². The second-order valence-electron chi connectivity index (χ2n) is 6.12.